The molecule has 0 bridgehead atoms. The second-order valence-corrected chi connectivity index (χ2v) is 6.54. The van der Waals surface area contributed by atoms with Crippen LogP contribution in [0.25, 0.3) is 0 Å². The molecule has 1 aliphatic rings. The van der Waals surface area contributed by atoms with Gasteiger partial charge in [-0.3, -0.25) is 4.68 Å². The Bertz CT molecular complexity index is 427. The number of aryl methyl sites for hydroxylation is 1. The van der Waals surface area contributed by atoms with Gasteiger partial charge in [0.2, 0.25) is 0 Å². The molecular formula is C14H27ClN4O. The maximum Gasteiger partial charge on any atom is 0.0722 e. The summed E-state index contributed by atoms with van der Waals surface area (Å²) in [5.41, 5.74) is 2.45. The Morgan fingerprint density at radius 2 is 2.15 bits per heavy atom. The van der Waals surface area contributed by atoms with Crippen molar-refractivity contribution in [3.8, 4) is 0 Å². The van der Waals surface area contributed by atoms with Crippen molar-refractivity contribution in [3.63, 3.8) is 0 Å². The molecule has 1 aliphatic heterocycles. The van der Waals surface area contributed by atoms with Gasteiger partial charge in [-0.15, -0.1) is 12.4 Å². The lowest BCUT2D eigenvalue weighted by molar-refractivity contribution is 0.146. The monoisotopic (exact) mass is 302 g/mol. The lowest BCUT2D eigenvalue weighted by Gasteiger charge is -2.18. The zero-order valence-electron chi connectivity index (χ0n) is 12.8. The Morgan fingerprint density at radius 1 is 1.45 bits per heavy atom. The van der Waals surface area contributed by atoms with Crippen LogP contribution in [0.1, 0.15) is 32.0 Å². The topological polar surface area (TPSA) is 62.1 Å². The van der Waals surface area contributed by atoms with Crippen molar-refractivity contribution < 1.29 is 5.11 Å². The van der Waals surface area contributed by atoms with Gasteiger partial charge in [-0.2, -0.15) is 5.10 Å². The smallest absolute Gasteiger partial charge is 0.0722 e. The first-order valence-electron chi connectivity index (χ1n) is 7.00. The Balaban J connectivity index is 0.00000200. The van der Waals surface area contributed by atoms with Crippen molar-refractivity contribution in [2.45, 2.75) is 38.8 Å². The first-order valence-corrected chi connectivity index (χ1v) is 7.00. The zero-order chi connectivity index (χ0) is 14.0. The Labute approximate surface area is 127 Å². The molecule has 5 nitrogen and oxygen atoms in total. The minimum atomic E-state index is -0.219. The second kappa shape index (κ2) is 6.89. The summed E-state index contributed by atoms with van der Waals surface area (Å²) in [5, 5.41) is 21.0. The quantitative estimate of drug-likeness (QED) is 0.770. The fourth-order valence-electron chi connectivity index (χ4n) is 2.62. The first kappa shape index (κ1) is 17.4. The molecule has 1 saturated heterocycles. The van der Waals surface area contributed by atoms with Gasteiger partial charge in [-0.1, -0.05) is 20.8 Å². The number of hydrogen-bond donors (Lipinski definition) is 3. The maximum absolute atomic E-state index is 9.76. The number of aromatic nitrogens is 2. The van der Waals surface area contributed by atoms with Crippen LogP contribution in [0.3, 0.4) is 0 Å². The highest BCUT2D eigenvalue weighted by molar-refractivity contribution is 5.85. The molecule has 1 aromatic heterocycles. The van der Waals surface area contributed by atoms with Crippen LogP contribution in [-0.4, -0.2) is 40.6 Å². The standard InChI is InChI=1S/C14H26N4O.ClH/c1-14(2,3)13-11(9-18(4)17-13)7-15-5-10-6-16-8-12(10)19;/h9-10,12,15-16,19H,5-8H2,1-4H3;1H. The third-order valence-corrected chi connectivity index (χ3v) is 3.64. The summed E-state index contributed by atoms with van der Waals surface area (Å²) >= 11 is 0. The third-order valence-electron chi connectivity index (χ3n) is 3.64. The number of β-amino-alcohol motifs (C(OH)–C–C–N with tert-alkyl or cyclic N) is 1. The van der Waals surface area contributed by atoms with E-state index in [4.69, 9.17) is 0 Å². The molecule has 1 aromatic rings. The van der Waals surface area contributed by atoms with E-state index in [9.17, 15) is 5.11 Å². The van der Waals surface area contributed by atoms with Crippen molar-refractivity contribution >= 4 is 12.4 Å². The molecule has 0 radical (unpaired) electrons. The van der Waals surface area contributed by atoms with Gasteiger partial charge in [0.15, 0.2) is 0 Å². The summed E-state index contributed by atoms with van der Waals surface area (Å²) < 4.78 is 1.88. The average Bonchev–Trinajstić information content (AvgIpc) is 2.85. The van der Waals surface area contributed by atoms with Crippen LogP contribution in [0.4, 0.5) is 0 Å². The van der Waals surface area contributed by atoms with Gasteiger partial charge < -0.3 is 15.7 Å². The van der Waals surface area contributed by atoms with Crippen molar-refractivity contribution in [1.82, 2.24) is 20.4 Å². The van der Waals surface area contributed by atoms with Crippen molar-refractivity contribution in [3.05, 3.63) is 17.5 Å². The Morgan fingerprint density at radius 3 is 2.70 bits per heavy atom. The van der Waals surface area contributed by atoms with E-state index in [1.54, 1.807) is 0 Å². The molecule has 2 atom stereocenters. The number of nitrogens with zero attached hydrogens (tertiary/aromatic N) is 2. The van der Waals surface area contributed by atoms with Gasteiger partial charge in [0.05, 0.1) is 11.8 Å². The molecule has 0 aliphatic carbocycles. The van der Waals surface area contributed by atoms with Crippen LogP contribution in [0.15, 0.2) is 6.20 Å². The number of aliphatic hydroxyl groups is 1. The van der Waals surface area contributed by atoms with Gasteiger partial charge in [0.1, 0.15) is 0 Å². The summed E-state index contributed by atoms with van der Waals surface area (Å²) in [6, 6.07) is 0. The highest BCUT2D eigenvalue weighted by Gasteiger charge is 2.25. The van der Waals surface area contributed by atoms with E-state index >= 15 is 0 Å². The Hall–Kier alpha value is -0.620. The van der Waals surface area contributed by atoms with E-state index in [-0.39, 0.29) is 23.9 Å². The highest BCUT2D eigenvalue weighted by Crippen LogP contribution is 2.24. The van der Waals surface area contributed by atoms with Crippen LogP contribution in [-0.2, 0) is 19.0 Å². The van der Waals surface area contributed by atoms with Crippen LogP contribution in [0.2, 0.25) is 0 Å². The van der Waals surface area contributed by atoms with Gasteiger partial charge in [-0.05, 0) is 0 Å². The van der Waals surface area contributed by atoms with E-state index in [1.165, 1.54) is 5.56 Å². The van der Waals surface area contributed by atoms with Crippen molar-refractivity contribution in [1.29, 1.82) is 0 Å². The molecule has 0 saturated carbocycles. The SMILES string of the molecule is Cl.Cn1cc(CNCC2CNCC2O)c(C(C)(C)C)n1. The Kier molecular flexibility index (Phi) is 6.01. The second-order valence-electron chi connectivity index (χ2n) is 6.54. The number of hydrogen-bond acceptors (Lipinski definition) is 4. The normalized spacial score (nSPS) is 22.9. The van der Waals surface area contributed by atoms with Crippen LogP contribution in [0, 0.1) is 5.92 Å². The minimum Gasteiger partial charge on any atom is -0.391 e. The van der Waals surface area contributed by atoms with E-state index in [0.29, 0.717) is 12.5 Å². The molecule has 0 amide bonds. The molecular weight excluding hydrogens is 276 g/mol. The minimum absolute atomic E-state index is 0. The molecule has 2 rings (SSSR count). The fraction of sp³-hybridized carbons (Fsp3) is 0.786. The molecule has 0 aromatic carbocycles. The van der Waals surface area contributed by atoms with Crippen LogP contribution in [0.5, 0.6) is 0 Å². The van der Waals surface area contributed by atoms with E-state index in [1.807, 2.05) is 11.7 Å². The number of aliphatic hydroxyl groups excluding tert-OH is 1. The average molecular weight is 303 g/mol. The lowest BCUT2D eigenvalue weighted by atomic mass is 9.89. The van der Waals surface area contributed by atoms with Gasteiger partial charge >= 0.3 is 0 Å². The predicted octanol–water partition coefficient (Wildman–Crippen LogP) is 0.809. The van der Waals surface area contributed by atoms with Crippen molar-refractivity contribution in [2.24, 2.45) is 13.0 Å². The summed E-state index contributed by atoms with van der Waals surface area (Å²) in [6.45, 7) is 9.81. The van der Waals surface area contributed by atoms with E-state index in [0.717, 1.165) is 25.3 Å². The molecule has 1 fully saturated rings. The number of nitrogens with one attached hydrogen (secondary N) is 2. The molecule has 0 spiro atoms. The number of rotatable bonds is 4. The van der Waals surface area contributed by atoms with Gasteiger partial charge in [0, 0.05) is 56.3 Å². The molecule has 2 heterocycles. The summed E-state index contributed by atoms with van der Waals surface area (Å²) in [7, 11) is 1.96. The summed E-state index contributed by atoms with van der Waals surface area (Å²) in [4.78, 5) is 0. The third kappa shape index (κ3) is 4.19. The lowest BCUT2D eigenvalue weighted by Crippen LogP contribution is -2.30. The van der Waals surface area contributed by atoms with E-state index in [2.05, 4.69) is 42.7 Å². The van der Waals surface area contributed by atoms with Gasteiger partial charge in [-0.25, -0.2) is 0 Å². The van der Waals surface area contributed by atoms with Crippen LogP contribution >= 0.6 is 12.4 Å². The largest absolute Gasteiger partial charge is 0.391 e. The number of halogens is 1. The molecule has 2 unspecified atom stereocenters. The summed E-state index contributed by atoms with van der Waals surface area (Å²) in [5.74, 6) is 0.315. The summed E-state index contributed by atoms with van der Waals surface area (Å²) in [6.07, 6.45) is 1.86. The van der Waals surface area contributed by atoms with Gasteiger partial charge in [0.25, 0.3) is 0 Å². The predicted molar refractivity (Wildman–Crippen MR) is 83.2 cm³/mol. The fourth-order valence-corrected chi connectivity index (χ4v) is 2.62. The molecule has 116 valence electrons. The first-order chi connectivity index (χ1) is 8.88. The zero-order valence-corrected chi connectivity index (χ0v) is 13.6. The molecule has 20 heavy (non-hydrogen) atoms. The van der Waals surface area contributed by atoms with Crippen molar-refractivity contribution in [2.75, 3.05) is 19.6 Å². The van der Waals surface area contributed by atoms with Crippen LogP contribution < -0.4 is 10.6 Å². The maximum atomic E-state index is 9.76. The molecule has 6 heteroatoms. The molecule has 3 N–H and O–H groups in total. The van der Waals surface area contributed by atoms with E-state index < -0.39 is 0 Å². The highest BCUT2D eigenvalue weighted by atomic mass is 35.5.